The normalized spacial score (nSPS) is 10.5. The van der Waals surface area contributed by atoms with Gasteiger partial charge in [0.05, 0.1) is 12.9 Å². The lowest BCUT2D eigenvalue weighted by molar-refractivity contribution is 0.0519. The molecule has 2 aromatic heterocycles. The van der Waals surface area contributed by atoms with Gasteiger partial charge in [0.1, 0.15) is 5.69 Å². The number of nitrogens with zero attached hydrogens (tertiary/aromatic N) is 3. The molecule has 2 rings (SSSR count). The summed E-state index contributed by atoms with van der Waals surface area (Å²) >= 11 is 0. The zero-order valence-electron chi connectivity index (χ0n) is 10.0. The molecule has 0 bridgehead atoms. The number of hydrogen-bond donors (Lipinski definition) is 1. The minimum atomic E-state index is -0.413. The summed E-state index contributed by atoms with van der Waals surface area (Å²) in [6.45, 7) is 3.88. The Balaban J connectivity index is 2.33. The van der Waals surface area contributed by atoms with Crippen LogP contribution in [0, 0.1) is 6.92 Å². The molecule has 0 fully saturated rings. The zero-order valence-corrected chi connectivity index (χ0v) is 10.0. The highest BCUT2D eigenvalue weighted by Gasteiger charge is 2.17. The SMILES string of the molecule is CCOC(=O)c1nc(-c2cn(C)cn2)[nH]c1C. The fraction of sp³-hybridized carbons (Fsp3) is 0.364. The Hall–Kier alpha value is -2.11. The third kappa shape index (κ3) is 2.20. The molecule has 0 aliphatic carbocycles. The van der Waals surface area contributed by atoms with Gasteiger partial charge in [0, 0.05) is 18.9 Å². The van der Waals surface area contributed by atoms with Crippen molar-refractivity contribution in [2.24, 2.45) is 7.05 Å². The van der Waals surface area contributed by atoms with Gasteiger partial charge in [-0.05, 0) is 13.8 Å². The van der Waals surface area contributed by atoms with Gasteiger partial charge in [-0.25, -0.2) is 14.8 Å². The molecular formula is C11H14N4O2. The van der Waals surface area contributed by atoms with Gasteiger partial charge in [0.25, 0.3) is 0 Å². The molecule has 0 radical (unpaired) electrons. The molecule has 1 N–H and O–H groups in total. The molecule has 17 heavy (non-hydrogen) atoms. The van der Waals surface area contributed by atoms with Crippen molar-refractivity contribution in [1.29, 1.82) is 0 Å². The molecule has 90 valence electrons. The summed E-state index contributed by atoms with van der Waals surface area (Å²) in [5, 5.41) is 0. The van der Waals surface area contributed by atoms with E-state index in [1.54, 1.807) is 20.2 Å². The fourth-order valence-corrected chi connectivity index (χ4v) is 1.52. The molecule has 0 saturated carbocycles. The predicted octanol–water partition coefficient (Wildman–Crippen LogP) is 1.30. The van der Waals surface area contributed by atoms with Gasteiger partial charge < -0.3 is 14.3 Å². The number of carbonyl (C=O) groups is 1. The predicted molar refractivity (Wildman–Crippen MR) is 61.5 cm³/mol. The van der Waals surface area contributed by atoms with Crippen molar-refractivity contribution < 1.29 is 9.53 Å². The van der Waals surface area contributed by atoms with Crippen LogP contribution in [0.1, 0.15) is 23.1 Å². The zero-order chi connectivity index (χ0) is 12.4. The summed E-state index contributed by atoms with van der Waals surface area (Å²) < 4.78 is 6.73. The average Bonchev–Trinajstić information content (AvgIpc) is 2.85. The standard InChI is InChI=1S/C11H14N4O2/c1-4-17-11(16)9-7(2)13-10(14-9)8-5-15(3)6-12-8/h5-6H,4H2,1-3H3,(H,13,14). The van der Waals surface area contributed by atoms with Crippen molar-refractivity contribution in [3.05, 3.63) is 23.9 Å². The van der Waals surface area contributed by atoms with Crippen molar-refractivity contribution in [3.8, 4) is 11.5 Å². The van der Waals surface area contributed by atoms with E-state index < -0.39 is 5.97 Å². The number of rotatable bonds is 3. The number of carbonyl (C=O) groups excluding carboxylic acids is 1. The van der Waals surface area contributed by atoms with Gasteiger partial charge in [-0.2, -0.15) is 0 Å². The van der Waals surface area contributed by atoms with Gasteiger partial charge in [-0.1, -0.05) is 0 Å². The summed E-state index contributed by atoms with van der Waals surface area (Å²) in [5.74, 6) is 0.162. The highest BCUT2D eigenvalue weighted by atomic mass is 16.5. The molecule has 0 atom stereocenters. The van der Waals surface area contributed by atoms with Crippen molar-refractivity contribution in [1.82, 2.24) is 19.5 Å². The number of aromatic amines is 1. The molecule has 0 unspecified atom stereocenters. The largest absolute Gasteiger partial charge is 0.461 e. The molecule has 0 amide bonds. The Morgan fingerprint density at radius 2 is 2.35 bits per heavy atom. The number of nitrogens with one attached hydrogen (secondary N) is 1. The van der Waals surface area contributed by atoms with E-state index in [4.69, 9.17) is 4.74 Å². The van der Waals surface area contributed by atoms with Crippen LogP contribution in [0.15, 0.2) is 12.5 Å². The number of aromatic nitrogens is 4. The van der Waals surface area contributed by atoms with Gasteiger partial charge in [0.15, 0.2) is 11.5 Å². The quantitative estimate of drug-likeness (QED) is 0.812. The first kappa shape index (κ1) is 11.4. The first-order chi connectivity index (χ1) is 8.11. The van der Waals surface area contributed by atoms with Crippen LogP contribution in [0.5, 0.6) is 0 Å². The molecule has 0 aliphatic heterocycles. The van der Waals surface area contributed by atoms with Crippen molar-refractivity contribution in [3.63, 3.8) is 0 Å². The summed E-state index contributed by atoms with van der Waals surface area (Å²) in [4.78, 5) is 23.0. The van der Waals surface area contributed by atoms with E-state index in [9.17, 15) is 4.79 Å². The van der Waals surface area contributed by atoms with E-state index in [-0.39, 0.29) is 0 Å². The van der Waals surface area contributed by atoms with E-state index in [0.29, 0.717) is 29.5 Å². The molecule has 6 heteroatoms. The minimum absolute atomic E-state index is 0.313. The molecule has 2 heterocycles. The lowest BCUT2D eigenvalue weighted by Crippen LogP contribution is -2.06. The highest BCUT2D eigenvalue weighted by molar-refractivity contribution is 5.89. The van der Waals surface area contributed by atoms with E-state index in [0.717, 1.165) is 0 Å². The molecule has 6 nitrogen and oxygen atoms in total. The number of hydrogen-bond acceptors (Lipinski definition) is 4. The minimum Gasteiger partial charge on any atom is -0.461 e. The van der Waals surface area contributed by atoms with Crippen molar-refractivity contribution in [2.75, 3.05) is 6.61 Å². The Bertz CT molecular complexity index is 541. The topological polar surface area (TPSA) is 72.8 Å². The Labute approximate surface area is 98.7 Å². The van der Waals surface area contributed by atoms with E-state index in [1.165, 1.54) is 0 Å². The molecule has 2 aromatic rings. The summed E-state index contributed by atoms with van der Waals surface area (Å²) in [7, 11) is 1.87. The number of ether oxygens (including phenoxy) is 1. The highest BCUT2D eigenvalue weighted by Crippen LogP contribution is 2.16. The fourth-order valence-electron chi connectivity index (χ4n) is 1.52. The second kappa shape index (κ2) is 4.40. The number of esters is 1. The Morgan fingerprint density at radius 1 is 1.59 bits per heavy atom. The Morgan fingerprint density at radius 3 is 2.94 bits per heavy atom. The molecular weight excluding hydrogens is 220 g/mol. The van der Waals surface area contributed by atoms with E-state index in [2.05, 4.69) is 15.0 Å². The Kier molecular flexibility index (Phi) is 2.95. The third-order valence-corrected chi connectivity index (χ3v) is 2.30. The maximum absolute atomic E-state index is 11.6. The lowest BCUT2D eigenvalue weighted by atomic mass is 10.3. The second-order valence-electron chi connectivity index (χ2n) is 3.70. The van der Waals surface area contributed by atoms with Crippen LogP contribution in [0.25, 0.3) is 11.5 Å². The van der Waals surface area contributed by atoms with Crippen LogP contribution in [0.4, 0.5) is 0 Å². The maximum Gasteiger partial charge on any atom is 0.358 e. The smallest absolute Gasteiger partial charge is 0.358 e. The van der Waals surface area contributed by atoms with Crippen LogP contribution < -0.4 is 0 Å². The monoisotopic (exact) mass is 234 g/mol. The number of aryl methyl sites for hydroxylation is 2. The van der Waals surface area contributed by atoms with Gasteiger partial charge in [0.2, 0.25) is 0 Å². The first-order valence-electron chi connectivity index (χ1n) is 5.34. The number of H-pyrrole nitrogens is 1. The first-order valence-corrected chi connectivity index (χ1v) is 5.34. The maximum atomic E-state index is 11.6. The van der Waals surface area contributed by atoms with Crippen LogP contribution >= 0.6 is 0 Å². The summed E-state index contributed by atoms with van der Waals surface area (Å²) in [6, 6.07) is 0. The molecule has 0 aliphatic rings. The lowest BCUT2D eigenvalue weighted by Gasteiger charge is -1.97. The van der Waals surface area contributed by atoms with Crippen LogP contribution in [-0.4, -0.2) is 32.1 Å². The molecule has 0 spiro atoms. The van der Waals surface area contributed by atoms with Gasteiger partial charge in [-0.15, -0.1) is 0 Å². The molecule has 0 aromatic carbocycles. The van der Waals surface area contributed by atoms with Gasteiger partial charge in [-0.3, -0.25) is 0 Å². The summed E-state index contributed by atoms with van der Waals surface area (Å²) in [5.41, 5.74) is 1.70. The van der Waals surface area contributed by atoms with Gasteiger partial charge >= 0.3 is 5.97 Å². The summed E-state index contributed by atoms with van der Waals surface area (Å²) in [6.07, 6.45) is 3.50. The van der Waals surface area contributed by atoms with Crippen molar-refractivity contribution in [2.45, 2.75) is 13.8 Å². The van der Waals surface area contributed by atoms with Crippen LogP contribution in [-0.2, 0) is 11.8 Å². The number of imidazole rings is 2. The van der Waals surface area contributed by atoms with Crippen LogP contribution in [0.2, 0.25) is 0 Å². The van der Waals surface area contributed by atoms with Crippen LogP contribution in [0.3, 0.4) is 0 Å². The third-order valence-electron chi connectivity index (χ3n) is 2.30. The van der Waals surface area contributed by atoms with E-state index >= 15 is 0 Å². The van der Waals surface area contributed by atoms with Crippen molar-refractivity contribution >= 4 is 5.97 Å². The van der Waals surface area contributed by atoms with E-state index in [1.807, 2.05) is 17.8 Å². The average molecular weight is 234 g/mol. The second-order valence-corrected chi connectivity index (χ2v) is 3.70. The molecule has 0 saturated heterocycles.